The summed E-state index contributed by atoms with van der Waals surface area (Å²) in [4.78, 5) is 0. The van der Waals surface area contributed by atoms with Crippen molar-refractivity contribution < 1.29 is 0 Å². The highest BCUT2D eigenvalue weighted by Gasteiger charge is 1.95. The molecule has 0 aliphatic heterocycles. The first kappa shape index (κ1) is 9.69. The van der Waals surface area contributed by atoms with Crippen LogP contribution in [0.25, 0.3) is 0 Å². The third-order valence-corrected chi connectivity index (χ3v) is 2.15. The Morgan fingerprint density at radius 1 is 1.11 bits per heavy atom. The zero-order valence-corrected chi connectivity index (χ0v) is 8.28. The van der Waals surface area contributed by atoms with Gasteiger partial charge in [0.2, 0.25) is 0 Å². The van der Waals surface area contributed by atoms with Gasteiger partial charge in [0.1, 0.15) is 0 Å². The van der Waals surface area contributed by atoms with E-state index >= 15 is 0 Å². The zero-order chi connectivity index (χ0) is 6.95. The van der Waals surface area contributed by atoms with Gasteiger partial charge in [0, 0.05) is 29.4 Å². The first-order chi connectivity index (χ1) is 4.41. The molecule has 0 aromatic heterocycles. The van der Waals surface area contributed by atoms with Crippen molar-refractivity contribution in [3.63, 3.8) is 0 Å². The molecule has 0 saturated heterocycles. The summed E-state index contributed by atoms with van der Waals surface area (Å²) in [7, 11) is 0. The van der Waals surface area contributed by atoms with Gasteiger partial charge in [-0.2, -0.15) is 0 Å². The molecule has 0 atom stereocenters. The van der Waals surface area contributed by atoms with E-state index in [0.29, 0.717) is 0 Å². The van der Waals surface area contributed by atoms with Gasteiger partial charge in [-0.05, 0) is 0 Å². The lowest BCUT2D eigenvalue weighted by molar-refractivity contribution is 0.886. The lowest BCUT2D eigenvalue weighted by Crippen LogP contribution is -1.90. The van der Waals surface area contributed by atoms with E-state index < -0.39 is 0 Å². The molecule has 0 spiro atoms. The van der Waals surface area contributed by atoms with E-state index in [4.69, 9.17) is 0 Å². The van der Waals surface area contributed by atoms with Crippen LogP contribution in [0.4, 0.5) is 0 Å². The van der Waals surface area contributed by atoms with E-state index in [1.54, 1.807) is 0 Å². The summed E-state index contributed by atoms with van der Waals surface area (Å²) in [6.07, 6.45) is 7.50. The highest BCUT2D eigenvalue weighted by atomic mass is 127. The van der Waals surface area contributed by atoms with Crippen LogP contribution in [0.3, 0.4) is 0 Å². The minimum absolute atomic E-state index is 1.06. The maximum atomic E-state index is 2.90. The van der Waals surface area contributed by atoms with Crippen molar-refractivity contribution in [1.82, 2.24) is 3.53 Å². The number of halogens is 1. The lowest BCUT2D eigenvalue weighted by atomic mass is 10.4. The van der Waals surface area contributed by atoms with Crippen LogP contribution < -0.4 is 3.53 Å². The van der Waals surface area contributed by atoms with E-state index in [2.05, 4.69) is 33.3 Å². The maximum Gasteiger partial charge on any atom is 0.0169 e. The van der Waals surface area contributed by atoms with Gasteiger partial charge in [0.25, 0.3) is 0 Å². The fourth-order valence-electron chi connectivity index (χ4n) is 0.884. The van der Waals surface area contributed by atoms with Gasteiger partial charge in [-0.25, -0.2) is 0 Å². The molecular weight excluding hydrogens is 225 g/mol. The van der Waals surface area contributed by atoms with Gasteiger partial charge in [-0.3, -0.25) is 3.53 Å². The van der Waals surface area contributed by atoms with Crippen molar-refractivity contribution >= 4 is 22.9 Å². The molecule has 1 aliphatic carbocycles. The third-order valence-electron chi connectivity index (χ3n) is 1.38. The third kappa shape index (κ3) is 8.69. The van der Waals surface area contributed by atoms with Gasteiger partial charge in [0.05, 0.1) is 0 Å². The molecule has 0 radical (unpaired) electrons. The number of hydrogen-bond donors (Lipinski definition) is 1. The summed E-state index contributed by atoms with van der Waals surface area (Å²) < 4.78 is 2.90. The summed E-state index contributed by atoms with van der Waals surface area (Å²) in [5.74, 6) is 0. The fraction of sp³-hybridized carbons (Fsp3) is 1.00. The largest absolute Gasteiger partial charge is 0.261 e. The molecule has 1 nitrogen and oxygen atoms in total. The van der Waals surface area contributed by atoms with Crippen molar-refractivity contribution in [1.29, 1.82) is 0 Å². The first-order valence-corrected chi connectivity index (χ1v) is 4.83. The number of rotatable bonds is 1. The summed E-state index contributed by atoms with van der Waals surface area (Å²) in [5.41, 5.74) is 0. The Bertz CT molecular complexity index is 34.6. The van der Waals surface area contributed by atoms with Gasteiger partial charge in [-0.1, -0.05) is 39.0 Å². The Balaban J connectivity index is 0.000000148. The van der Waals surface area contributed by atoms with Crippen LogP contribution in [-0.4, -0.2) is 6.54 Å². The molecule has 1 aliphatic rings. The molecular formula is C7H16IN. The van der Waals surface area contributed by atoms with E-state index in [-0.39, 0.29) is 0 Å². The monoisotopic (exact) mass is 241 g/mol. The van der Waals surface area contributed by atoms with Crippen molar-refractivity contribution in [2.75, 3.05) is 6.54 Å². The van der Waals surface area contributed by atoms with E-state index in [0.717, 1.165) is 6.54 Å². The Morgan fingerprint density at radius 3 is 1.44 bits per heavy atom. The van der Waals surface area contributed by atoms with Gasteiger partial charge in [0.15, 0.2) is 0 Å². The van der Waals surface area contributed by atoms with Crippen LogP contribution in [0.2, 0.25) is 0 Å². The Kier molecular flexibility index (Phi) is 9.36. The van der Waals surface area contributed by atoms with Gasteiger partial charge >= 0.3 is 0 Å². The standard InChI is InChI=1S/C5H10.C2H6IN/c1-2-4-5-3-1;1-2-4-3/h1-5H2;4H,2H2,1H3. The van der Waals surface area contributed by atoms with Crippen molar-refractivity contribution in [3.8, 4) is 0 Å². The Labute approximate surface area is 72.1 Å². The molecule has 0 aromatic carbocycles. The van der Waals surface area contributed by atoms with Gasteiger partial charge in [-0.15, -0.1) is 0 Å². The summed E-state index contributed by atoms with van der Waals surface area (Å²) in [6.45, 7) is 3.12. The summed E-state index contributed by atoms with van der Waals surface area (Å²) in [6, 6.07) is 0. The van der Waals surface area contributed by atoms with Gasteiger partial charge < -0.3 is 0 Å². The SMILES string of the molecule is C1CCCC1.CCNI. The fourth-order valence-corrected chi connectivity index (χ4v) is 0.884. The Morgan fingerprint density at radius 2 is 1.33 bits per heavy atom. The second kappa shape index (κ2) is 8.69. The zero-order valence-electron chi connectivity index (χ0n) is 6.12. The van der Waals surface area contributed by atoms with Crippen molar-refractivity contribution in [2.45, 2.75) is 39.0 Å². The molecule has 0 aromatic rings. The highest BCUT2D eigenvalue weighted by molar-refractivity contribution is 14.1. The van der Waals surface area contributed by atoms with E-state index in [9.17, 15) is 0 Å². The molecule has 0 amide bonds. The number of hydrogen-bond acceptors (Lipinski definition) is 1. The van der Waals surface area contributed by atoms with Crippen LogP contribution >= 0.6 is 22.9 Å². The van der Waals surface area contributed by atoms with Crippen LogP contribution in [0, 0.1) is 0 Å². The predicted octanol–water partition coefficient (Wildman–Crippen LogP) is 2.90. The summed E-state index contributed by atoms with van der Waals surface area (Å²) in [5, 5.41) is 0. The topological polar surface area (TPSA) is 12.0 Å². The second-order valence-electron chi connectivity index (χ2n) is 2.25. The molecule has 0 heterocycles. The average molecular weight is 241 g/mol. The van der Waals surface area contributed by atoms with Crippen LogP contribution in [0.5, 0.6) is 0 Å². The van der Waals surface area contributed by atoms with Crippen molar-refractivity contribution in [3.05, 3.63) is 0 Å². The minimum atomic E-state index is 1.06. The van der Waals surface area contributed by atoms with Crippen LogP contribution in [0.1, 0.15) is 39.0 Å². The molecule has 0 unspecified atom stereocenters. The Hall–Kier alpha value is 0.690. The highest BCUT2D eigenvalue weighted by Crippen LogP contribution is 2.15. The molecule has 1 saturated carbocycles. The van der Waals surface area contributed by atoms with E-state index in [1.165, 1.54) is 32.1 Å². The first-order valence-electron chi connectivity index (χ1n) is 3.75. The second-order valence-corrected chi connectivity index (χ2v) is 3.02. The lowest BCUT2D eigenvalue weighted by Gasteiger charge is -1.72. The van der Waals surface area contributed by atoms with Crippen LogP contribution in [0.15, 0.2) is 0 Å². The van der Waals surface area contributed by atoms with E-state index in [1.807, 2.05) is 0 Å². The molecule has 1 fully saturated rings. The molecule has 56 valence electrons. The summed E-state index contributed by atoms with van der Waals surface area (Å²) >= 11 is 2.10. The smallest absolute Gasteiger partial charge is 0.0169 e. The molecule has 9 heavy (non-hydrogen) atoms. The molecule has 0 bridgehead atoms. The quantitative estimate of drug-likeness (QED) is 0.549. The maximum absolute atomic E-state index is 2.90. The molecule has 1 rings (SSSR count). The molecule has 2 heteroatoms. The van der Waals surface area contributed by atoms with Crippen molar-refractivity contribution in [2.24, 2.45) is 0 Å². The predicted molar refractivity (Wildman–Crippen MR) is 50.8 cm³/mol. The molecule has 1 N–H and O–H groups in total. The number of nitrogens with one attached hydrogen (secondary N) is 1. The average Bonchev–Trinajstić information content (AvgIpc) is 2.43. The minimum Gasteiger partial charge on any atom is -0.261 e. The normalized spacial score (nSPS) is 16.7. The van der Waals surface area contributed by atoms with Crippen LogP contribution in [-0.2, 0) is 0 Å².